The highest BCUT2D eigenvalue weighted by molar-refractivity contribution is 4.84. The molecule has 0 aromatic rings. The van der Waals surface area contributed by atoms with Gasteiger partial charge < -0.3 is 10.4 Å². The minimum absolute atomic E-state index is 0.224. The zero-order valence-corrected chi connectivity index (χ0v) is 9.08. The first-order valence-electron chi connectivity index (χ1n) is 5.47. The predicted molar refractivity (Wildman–Crippen MR) is 59.3 cm³/mol. The van der Waals surface area contributed by atoms with Gasteiger partial charge in [-0.1, -0.05) is 6.08 Å². The molecule has 1 saturated carbocycles. The topological polar surface area (TPSA) is 35.5 Å². The highest BCUT2D eigenvalue weighted by Gasteiger charge is 2.22. The largest absolute Gasteiger partial charge is 0.395 e. The summed E-state index contributed by atoms with van der Waals surface area (Å²) in [4.78, 5) is 2.24. The Kier molecular flexibility index (Phi) is 5.15. The van der Waals surface area contributed by atoms with Crippen LogP contribution in [0.1, 0.15) is 19.8 Å². The molecule has 1 aliphatic carbocycles. The Morgan fingerprint density at radius 1 is 1.64 bits per heavy atom. The van der Waals surface area contributed by atoms with Crippen LogP contribution in [0.3, 0.4) is 0 Å². The molecular formula is C11H22N2O. The molecule has 1 rings (SSSR count). The summed E-state index contributed by atoms with van der Waals surface area (Å²) in [5, 5.41) is 12.4. The first kappa shape index (κ1) is 11.7. The summed E-state index contributed by atoms with van der Waals surface area (Å²) in [6, 6.07) is 1.23. The van der Waals surface area contributed by atoms with Crippen molar-refractivity contribution >= 4 is 0 Å². The van der Waals surface area contributed by atoms with Crippen LogP contribution in [-0.4, -0.2) is 48.3 Å². The third-order valence-electron chi connectivity index (χ3n) is 2.65. The van der Waals surface area contributed by atoms with Crippen LogP contribution in [0.4, 0.5) is 0 Å². The second-order valence-corrected chi connectivity index (χ2v) is 4.04. The van der Waals surface area contributed by atoms with E-state index in [0.717, 1.165) is 25.7 Å². The van der Waals surface area contributed by atoms with Crippen molar-refractivity contribution in [1.29, 1.82) is 0 Å². The lowest BCUT2D eigenvalue weighted by Crippen LogP contribution is -2.42. The molecule has 1 atom stereocenters. The number of hydrogen-bond acceptors (Lipinski definition) is 3. The summed E-state index contributed by atoms with van der Waals surface area (Å²) in [6.07, 6.45) is 4.55. The molecule has 82 valence electrons. The minimum Gasteiger partial charge on any atom is -0.395 e. The smallest absolute Gasteiger partial charge is 0.0558 e. The lowest BCUT2D eigenvalue weighted by atomic mass is 10.2. The van der Waals surface area contributed by atoms with Crippen molar-refractivity contribution < 1.29 is 5.11 Å². The van der Waals surface area contributed by atoms with E-state index in [1.165, 1.54) is 12.8 Å². The van der Waals surface area contributed by atoms with E-state index in [0.29, 0.717) is 6.04 Å². The van der Waals surface area contributed by atoms with E-state index in [4.69, 9.17) is 5.11 Å². The fourth-order valence-corrected chi connectivity index (χ4v) is 1.54. The molecule has 3 nitrogen and oxygen atoms in total. The molecule has 1 unspecified atom stereocenters. The Balaban J connectivity index is 2.20. The van der Waals surface area contributed by atoms with Crippen LogP contribution in [0.5, 0.6) is 0 Å². The van der Waals surface area contributed by atoms with Gasteiger partial charge in [0, 0.05) is 31.7 Å². The molecule has 0 heterocycles. The molecular weight excluding hydrogens is 176 g/mol. The normalized spacial score (nSPS) is 18.5. The maximum absolute atomic E-state index is 8.91. The van der Waals surface area contributed by atoms with Gasteiger partial charge in [-0.25, -0.2) is 0 Å². The molecule has 14 heavy (non-hydrogen) atoms. The Morgan fingerprint density at radius 3 is 2.86 bits per heavy atom. The van der Waals surface area contributed by atoms with Gasteiger partial charge in [0.2, 0.25) is 0 Å². The van der Waals surface area contributed by atoms with E-state index in [-0.39, 0.29) is 6.61 Å². The SMILES string of the molecule is C=CCN(CCO)C(C)CNC1CC1. The maximum atomic E-state index is 8.91. The molecule has 2 N–H and O–H groups in total. The summed E-state index contributed by atoms with van der Waals surface area (Å²) in [5.74, 6) is 0. The van der Waals surface area contributed by atoms with Crippen LogP contribution in [0.2, 0.25) is 0 Å². The van der Waals surface area contributed by atoms with Crippen LogP contribution in [0, 0.1) is 0 Å². The van der Waals surface area contributed by atoms with Crippen LogP contribution in [0.15, 0.2) is 12.7 Å². The number of aliphatic hydroxyl groups is 1. The highest BCUT2D eigenvalue weighted by Crippen LogP contribution is 2.18. The molecule has 1 aliphatic rings. The second-order valence-electron chi connectivity index (χ2n) is 4.04. The summed E-state index contributed by atoms with van der Waals surface area (Å²) < 4.78 is 0. The summed E-state index contributed by atoms with van der Waals surface area (Å²) in [7, 11) is 0. The first-order valence-corrected chi connectivity index (χ1v) is 5.47. The van der Waals surface area contributed by atoms with Crippen molar-refractivity contribution in [3.63, 3.8) is 0 Å². The van der Waals surface area contributed by atoms with Gasteiger partial charge >= 0.3 is 0 Å². The van der Waals surface area contributed by atoms with E-state index in [1.807, 2.05) is 6.08 Å². The molecule has 3 heteroatoms. The van der Waals surface area contributed by atoms with Crippen LogP contribution in [0.25, 0.3) is 0 Å². The Morgan fingerprint density at radius 2 is 2.36 bits per heavy atom. The van der Waals surface area contributed by atoms with Crippen molar-refractivity contribution in [1.82, 2.24) is 10.2 Å². The number of nitrogens with zero attached hydrogens (tertiary/aromatic N) is 1. The number of aliphatic hydroxyl groups excluding tert-OH is 1. The van der Waals surface area contributed by atoms with Crippen molar-refractivity contribution in [3.8, 4) is 0 Å². The Bertz CT molecular complexity index is 169. The summed E-state index contributed by atoms with van der Waals surface area (Å²) >= 11 is 0. The van der Waals surface area contributed by atoms with Gasteiger partial charge in [-0.2, -0.15) is 0 Å². The number of hydrogen-bond donors (Lipinski definition) is 2. The van der Waals surface area contributed by atoms with Gasteiger partial charge in [-0.15, -0.1) is 6.58 Å². The van der Waals surface area contributed by atoms with Crippen LogP contribution in [-0.2, 0) is 0 Å². The third-order valence-corrected chi connectivity index (χ3v) is 2.65. The van der Waals surface area contributed by atoms with Crippen LogP contribution < -0.4 is 5.32 Å². The predicted octanol–water partition coefficient (Wildman–Crippen LogP) is 0.607. The van der Waals surface area contributed by atoms with E-state index in [2.05, 4.69) is 23.7 Å². The molecule has 0 amide bonds. The van der Waals surface area contributed by atoms with Gasteiger partial charge in [0.1, 0.15) is 0 Å². The van der Waals surface area contributed by atoms with Crippen molar-refractivity contribution in [2.24, 2.45) is 0 Å². The molecule has 0 aliphatic heterocycles. The van der Waals surface area contributed by atoms with Gasteiger partial charge in [-0.05, 0) is 19.8 Å². The Hall–Kier alpha value is -0.380. The van der Waals surface area contributed by atoms with Crippen molar-refractivity contribution in [2.75, 3.05) is 26.2 Å². The number of nitrogens with one attached hydrogen (secondary N) is 1. The fourth-order valence-electron chi connectivity index (χ4n) is 1.54. The standard InChI is InChI=1S/C11H22N2O/c1-3-6-13(7-8-14)10(2)9-12-11-4-5-11/h3,10-12,14H,1,4-9H2,2H3. The molecule has 0 aromatic heterocycles. The van der Waals surface area contributed by atoms with E-state index in [9.17, 15) is 0 Å². The molecule has 1 fully saturated rings. The average molecular weight is 198 g/mol. The molecule has 0 aromatic carbocycles. The zero-order chi connectivity index (χ0) is 10.4. The molecule has 0 radical (unpaired) electrons. The number of rotatable bonds is 8. The maximum Gasteiger partial charge on any atom is 0.0558 e. The zero-order valence-electron chi connectivity index (χ0n) is 9.08. The van der Waals surface area contributed by atoms with Crippen molar-refractivity contribution in [2.45, 2.75) is 31.8 Å². The van der Waals surface area contributed by atoms with Crippen LogP contribution >= 0.6 is 0 Å². The summed E-state index contributed by atoms with van der Waals surface area (Å²) in [5.41, 5.74) is 0. The van der Waals surface area contributed by atoms with Gasteiger partial charge in [0.15, 0.2) is 0 Å². The highest BCUT2D eigenvalue weighted by atomic mass is 16.3. The van der Waals surface area contributed by atoms with Gasteiger partial charge in [-0.3, -0.25) is 4.90 Å². The van der Waals surface area contributed by atoms with Gasteiger partial charge in [0.05, 0.1) is 6.61 Å². The van der Waals surface area contributed by atoms with Gasteiger partial charge in [0.25, 0.3) is 0 Å². The Labute approximate surface area is 86.8 Å². The molecule has 0 saturated heterocycles. The van der Waals surface area contributed by atoms with Crippen molar-refractivity contribution in [3.05, 3.63) is 12.7 Å². The minimum atomic E-state index is 0.224. The second kappa shape index (κ2) is 6.17. The molecule has 0 bridgehead atoms. The quantitative estimate of drug-likeness (QED) is 0.561. The lowest BCUT2D eigenvalue weighted by molar-refractivity contribution is 0.169. The fraction of sp³-hybridized carbons (Fsp3) is 0.818. The summed E-state index contributed by atoms with van der Waals surface area (Å²) in [6.45, 7) is 8.75. The van der Waals surface area contributed by atoms with E-state index >= 15 is 0 Å². The van der Waals surface area contributed by atoms with E-state index < -0.39 is 0 Å². The monoisotopic (exact) mass is 198 g/mol. The molecule has 0 spiro atoms. The first-order chi connectivity index (χ1) is 6.77. The average Bonchev–Trinajstić information content (AvgIpc) is 2.97. The third kappa shape index (κ3) is 4.22. The lowest BCUT2D eigenvalue weighted by Gasteiger charge is -2.27. The van der Waals surface area contributed by atoms with E-state index in [1.54, 1.807) is 0 Å².